The van der Waals surface area contributed by atoms with Crippen molar-refractivity contribution in [2.75, 3.05) is 6.61 Å². The van der Waals surface area contributed by atoms with E-state index in [9.17, 15) is 0 Å². The van der Waals surface area contributed by atoms with Gasteiger partial charge >= 0.3 is 0 Å². The van der Waals surface area contributed by atoms with Gasteiger partial charge in [0.15, 0.2) is 11.0 Å². The predicted octanol–water partition coefficient (Wildman–Crippen LogP) is 4.34. The van der Waals surface area contributed by atoms with Crippen molar-refractivity contribution in [1.82, 2.24) is 14.8 Å². The highest BCUT2D eigenvalue weighted by atomic mass is 32.2. The molecule has 0 N–H and O–H groups in total. The second-order valence-electron chi connectivity index (χ2n) is 5.32. The van der Waals surface area contributed by atoms with Crippen LogP contribution >= 0.6 is 11.8 Å². The van der Waals surface area contributed by atoms with E-state index < -0.39 is 0 Å². The van der Waals surface area contributed by atoms with Gasteiger partial charge in [-0.1, -0.05) is 42.1 Å². The number of nitriles is 1. The second-order valence-corrected chi connectivity index (χ2v) is 6.63. The first-order valence-electron chi connectivity index (χ1n) is 8.03. The lowest BCUT2D eigenvalue weighted by atomic mass is 10.2. The van der Waals surface area contributed by atoms with Crippen molar-refractivity contribution in [3.8, 4) is 28.9 Å². The molecule has 0 saturated heterocycles. The van der Waals surface area contributed by atoms with Crippen molar-refractivity contribution in [3.05, 3.63) is 54.6 Å². The highest BCUT2D eigenvalue weighted by molar-refractivity contribution is 8.00. The average Bonchev–Trinajstić information content (AvgIpc) is 3.06. The first-order chi connectivity index (χ1) is 12.2. The topological polar surface area (TPSA) is 63.7 Å². The molecule has 1 unspecified atom stereocenters. The normalized spacial score (nSPS) is 11.7. The van der Waals surface area contributed by atoms with E-state index in [1.54, 1.807) is 0 Å². The van der Waals surface area contributed by atoms with Crippen LogP contribution in [-0.2, 0) is 0 Å². The standard InChI is InChI=1S/C19H18N4OS/c1-3-24-17-11-9-16(10-12-17)23-18(15-7-5-4-6-8-15)21-22-19(23)25-14(2)13-20/h4-12,14H,3H2,1-2H3. The molecule has 0 aliphatic heterocycles. The van der Waals surface area contributed by atoms with Gasteiger partial charge in [0.1, 0.15) is 5.75 Å². The van der Waals surface area contributed by atoms with Gasteiger partial charge in [-0.25, -0.2) is 0 Å². The number of rotatable bonds is 6. The Bertz CT molecular complexity index is 869. The molecule has 1 atom stereocenters. The fourth-order valence-electron chi connectivity index (χ4n) is 2.40. The Morgan fingerprint density at radius 3 is 2.48 bits per heavy atom. The lowest BCUT2D eigenvalue weighted by molar-refractivity contribution is 0.340. The van der Waals surface area contributed by atoms with Gasteiger partial charge in [-0.05, 0) is 38.1 Å². The Hall–Kier alpha value is -2.78. The van der Waals surface area contributed by atoms with Gasteiger partial charge in [-0.2, -0.15) is 5.26 Å². The Balaban J connectivity index is 2.07. The third kappa shape index (κ3) is 3.83. The molecule has 0 aliphatic rings. The molecule has 1 heterocycles. The van der Waals surface area contributed by atoms with Crippen LogP contribution in [0.1, 0.15) is 13.8 Å². The third-order valence-corrected chi connectivity index (χ3v) is 4.47. The quantitative estimate of drug-likeness (QED) is 0.619. The van der Waals surface area contributed by atoms with Crippen molar-refractivity contribution >= 4 is 11.8 Å². The van der Waals surface area contributed by atoms with Gasteiger partial charge in [0.05, 0.1) is 17.9 Å². The van der Waals surface area contributed by atoms with Gasteiger partial charge in [0.25, 0.3) is 0 Å². The van der Waals surface area contributed by atoms with Crippen LogP contribution in [0.2, 0.25) is 0 Å². The van der Waals surface area contributed by atoms with E-state index in [0.717, 1.165) is 22.8 Å². The smallest absolute Gasteiger partial charge is 0.197 e. The molecule has 0 bridgehead atoms. The Morgan fingerprint density at radius 2 is 1.84 bits per heavy atom. The zero-order chi connectivity index (χ0) is 17.6. The summed E-state index contributed by atoms with van der Waals surface area (Å²) in [6, 6.07) is 19.9. The molecule has 0 spiro atoms. The molecular weight excluding hydrogens is 332 g/mol. The zero-order valence-electron chi connectivity index (χ0n) is 14.1. The fourth-order valence-corrected chi connectivity index (χ4v) is 3.15. The largest absolute Gasteiger partial charge is 0.494 e. The Labute approximate surface area is 151 Å². The number of hydrogen-bond donors (Lipinski definition) is 0. The highest BCUT2D eigenvalue weighted by Gasteiger charge is 2.18. The summed E-state index contributed by atoms with van der Waals surface area (Å²) in [4.78, 5) is 0. The maximum absolute atomic E-state index is 9.13. The number of hydrogen-bond acceptors (Lipinski definition) is 5. The summed E-state index contributed by atoms with van der Waals surface area (Å²) in [5.74, 6) is 1.57. The van der Waals surface area contributed by atoms with Crippen molar-refractivity contribution < 1.29 is 4.74 Å². The zero-order valence-corrected chi connectivity index (χ0v) is 14.9. The molecule has 0 fully saturated rings. The van der Waals surface area contributed by atoms with Gasteiger partial charge in [-0.15, -0.1) is 10.2 Å². The molecule has 126 valence electrons. The summed E-state index contributed by atoms with van der Waals surface area (Å²) >= 11 is 1.39. The number of nitrogens with zero attached hydrogens (tertiary/aromatic N) is 4. The minimum Gasteiger partial charge on any atom is -0.494 e. The van der Waals surface area contributed by atoms with E-state index in [1.807, 2.05) is 73.0 Å². The molecule has 25 heavy (non-hydrogen) atoms. The Morgan fingerprint density at radius 1 is 1.12 bits per heavy atom. The van der Waals surface area contributed by atoms with E-state index in [0.29, 0.717) is 11.8 Å². The first kappa shape index (κ1) is 17.1. The number of benzene rings is 2. The Kier molecular flexibility index (Phi) is 5.36. The van der Waals surface area contributed by atoms with Gasteiger partial charge in [0, 0.05) is 11.3 Å². The van der Waals surface area contributed by atoms with Crippen LogP contribution in [0.25, 0.3) is 17.1 Å². The van der Waals surface area contributed by atoms with E-state index in [2.05, 4.69) is 16.3 Å². The summed E-state index contributed by atoms with van der Waals surface area (Å²) in [5, 5.41) is 18.3. The van der Waals surface area contributed by atoms with Crippen molar-refractivity contribution in [3.63, 3.8) is 0 Å². The van der Waals surface area contributed by atoms with E-state index in [4.69, 9.17) is 10.00 Å². The van der Waals surface area contributed by atoms with Crippen LogP contribution in [0.15, 0.2) is 59.8 Å². The van der Waals surface area contributed by atoms with E-state index >= 15 is 0 Å². The van der Waals surface area contributed by atoms with Gasteiger partial charge in [-0.3, -0.25) is 4.57 Å². The van der Waals surface area contributed by atoms with E-state index in [1.165, 1.54) is 11.8 Å². The number of thioether (sulfide) groups is 1. The minimum absolute atomic E-state index is 0.214. The van der Waals surface area contributed by atoms with Crippen LogP contribution in [0.5, 0.6) is 5.75 Å². The number of aromatic nitrogens is 3. The molecule has 3 aromatic rings. The van der Waals surface area contributed by atoms with Crippen molar-refractivity contribution in [1.29, 1.82) is 5.26 Å². The summed E-state index contributed by atoms with van der Waals surface area (Å²) < 4.78 is 7.49. The second kappa shape index (κ2) is 7.86. The molecule has 1 aromatic heterocycles. The molecule has 0 radical (unpaired) electrons. The number of ether oxygens (including phenoxy) is 1. The summed E-state index contributed by atoms with van der Waals surface area (Å²) in [6.07, 6.45) is 0. The minimum atomic E-state index is -0.214. The molecule has 0 saturated carbocycles. The molecule has 0 amide bonds. The maximum atomic E-state index is 9.13. The van der Waals surface area contributed by atoms with E-state index in [-0.39, 0.29) is 5.25 Å². The lowest BCUT2D eigenvalue weighted by Gasteiger charge is -2.12. The van der Waals surface area contributed by atoms with Crippen molar-refractivity contribution in [2.24, 2.45) is 0 Å². The SMILES string of the molecule is CCOc1ccc(-n2c(SC(C)C#N)nnc2-c2ccccc2)cc1. The summed E-state index contributed by atoms with van der Waals surface area (Å²) in [5.41, 5.74) is 1.90. The average molecular weight is 350 g/mol. The van der Waals surface area contributed by atoms with Crippen LogP contribution in [-0.4, -0.2) is 26.6 Å². The van der Waals surface area contributed by atoms with Crippen LogP contribution in [0.3, 0.4) is 0 Å². The maximum Gasteiger partial charge on any atom is 0.197 e. The summed E-state index contributed by atoms with van der Waals surface area (Å²) in [6.45, 7) is 4.44. The van der Waals surface area contributed by atoms with Crippen molar-refractivity contribution in [2.45, 2.75) is 24.3 Å². The molecule has 0 aliphatic carbocycles. The third-order valence-electron chi connectivity index (χ3n) is 3.54. The molecule has 2 aromatic carbocycles. The summed E-state index contributed by atoms with van der Waals surface area (Å²) in [7, 11) is 0. The van der Waals surface area contributed by atoms with Crippen LogP contribution in [0, 0.1) is 11.3 Å². The molecular formula is C19H18N4OS. The highest BCUT2D eigenvalue weighted by Crippen LogP contribution is 2.30. The molecule has 6 heteroatoms. The van der Waals surface area contributed by atoms with Crippen LogP contribution < -0.4 is 4.74 Å². The fraction of sp³-hybridized carbons (Fsp3) is 0.211. The van der Waals surface area contributed by atoms with Crippen LogP contribution in [0.4, 0.5) is 0 Å². The predicted molar refractivity (Wildman–Crippen MR) is 98.9 cm³/mol. The monoisotopic (exact) mass is 350 g/mol. The van der Waals surface area contributed by atoms with Gasteiger partial charge < -0.3 is 4.74 Å². The molecule has 3 rings (SSSR count). The van der Waals surface area contributed by atoms with Gasteiger partial charge in [0.2, 0.25) is 0 Å². The lowest BCUT2D eigenvalue weighted by Crippen LogP contribution is -2.02. The first-order valence-corrected chi connectivity index (χ1v) is 8.91. The molecule has 5 nitrogen and oxygen atoms in total.